The van der Waals surface area contributed by atoms with Gasteiger partial charge in [0.05, 0.1) is 6.10 Å². The molecule has 1 aliphatic rings. The second kappa shape index (κ2) is 2.96. The van der Waals surface area contributed by atoms with E-state index in [-0.39, 0.29) is 6.54 Å². The average molecular weight is 170 g/mol. The number of hydrogen-bond acceptors (Lipinski definition) is 3. The van der Waals surface area contributed by atoms with Crippen LogP contribution in [0.15, 0.2) is 0 Å². The molecular weight excluding hydrogens is 161 g/mol. The van der Waals surface area contributed by atoms with Crippen LogP contribution in [0.4, 0.5) is 13.2 Å². The topological polar surface area (TPSA) is 47.3 Å². The van der Waals surface area contributed by atoms with Crippen molar-refractivity contribution in [1.82, 2.24) is 5.32 Å². The van der Waals surface area contributed by atoms with Crippen molar-refractivity contribution in [2.45, 2.75) is 18.5 Å². The van der Waals surface area contributed by atoms with Gasteiger partial charge in [0.2, 0.25) is 0 Å². The SMILES string of the molecule is N[C@H]1CNC[C@H]1OC(F)(F)F. The Labute approximate surface area is 61.7 Å². The predicted octanol–water partition coefficient (Wildman–Crippen LogP) is -0.178. The van der Waals surface area contributed by atoms with E-state index >= 15 is 0 Å². The van der Waals surface area contributed by atoms with Crippen LogP contribution >= 0.6 is 0 Å². The Morgan fingerprint density at radius 1 is 1.36 bits per heavy atom. The van der Waals surface area contributed by atoms with Crippen molar-refractivity contribution in [3.8, 4) is 0 Å². The van der Waals surface area contributed by atoms with E-state index in [1.165, 1.54) is 0 Å². The molecule has 6 heteroatoms. The number of halogens is 3. The van der Waals surface area contributed by atoms with E-state index in [1.807, 2.05) is 0 Å². The van der Waals surface area contributed by atoms with E-state index in [2.05, 4.69) is 10.1 Å². The molecular formula is C5H9F3N2O. The molecule has 1 saturated heterocycles. The van der Waals surface area contributed by atoms with Crippen LogP contribution in [0.3, 0.4) is 0 Å². The quantitative estimate of drug-likeness (QED) is 0.574. The Morgan fingerprint density at radius 3 is 2.36 bits per heavy atom. The smallest absolute Gasteiger partial charge is 0.324 e. The first kappa shape index (κ1) is 8.76. The zero-order valence-electron chi connectivity index (χ0n) is 5.69. The molecule has 0 radical (unpaired) electrons. The number of nitrogens with two attached hydrogens (primary N) is 1. The van der Waals surface area contributed by atoms with Gasteiger partial charge in [0.15, 0.2) is 0 Å². The lowest BCUT2D eigenvalue weighted by atomic mass is 10.2. The van der Waals surface area contributed by atoms with Gasteiger partial charge in [-0.05, 0) is 0 Å². The van der Waals surface area contributed by atoms with Crippen LogP contribution in [-0.2, 0) is 4.74 Å². The summed E-state index contributed by atoms with van der Waals surface area (Å²) >= 11 is 0. The normalized spacial score (nSPS) is 32.7. The first-order chi connectivity index (χ1) is 4.99. The summed E-state index contributed by atoms with van der Waals surface area (Å²) in [5.74, 6) is 0. The number of ether oxygens (including phenoxy) is 1. The molecule has 0 amide bonds. The van der Waals surface area contributed by atoms with E-state index < -0.39 is 18.5 Å². The molecule has 66 valence electrons. The van der Waals surface area contributed by atoms with E-state index in [9.17, 15) is 13.2 Å². The molecule has 0 aromatic rings. The number of rotatable bonds is 1. The molecule has 3 nitrogen and oxygen atoms in total. The largest absolute Gasteiger partial charge is 0.522 e. The molecule has 11 heavy (non-hydrogen) atoms. The van der Waals surface area contributed by atoms with E-state index in [0.29, 0.717) is 6.54 Å². The van der Waals surface area contributed by atoms with Crippen molar-refractivity contribution in [1.29, 1.82) is 0 Å². The van der Waals surface area contributed by atoms with Crippen LogP contribution in [0.1, 0.15) is 0 Å². The molecule has 0 bridgehead atoms. The third-order valence-corrected chi connectivity index (χ3v) is 1.49. The molecule has 0 unspecified atom stereocenters. The Balaban J connectivity index is 2.37. The highest BCUT2D eigenvalue weighted by atomic mass is 19.4. The van der Waals surface area contributed by atoms with Crippen LogP contribution < -0.4 is 11.1 Å². The fraction of sp³-hybridized carbons (Fsp3) is 1.00. The molecule has 1 rings (SSSR count). The Hall–Kier alpha value is -0.330. The van der Waals surface area contributed by atoms with Gasteiger partial charge in [-0.2, -0.15) is 0 Å². The third kappa shape index (κ3) is 2.64. The Bertz CT molecular complexity index is 138. The summed E-state index contributed by atoms with van der Waals surface area (Å²) in [5.41, 5.74) is 5.30. The molecule has 1 heterocycles. The van der Waals surface area contributed by atoms with Gasteiger partial charge < -0.3 is 11.1 Å². The summed E-state index contributed by atoms with van der Waals surface area (Å²) in [6.45, 7) is 0.543. The summed E-state index contributed by atoms with van der Waals surface area (Å²) in [7, 11) is 0. The molecule has 0 aromatic carbocycles. The average Bonchev–Trinajstić information content (AvgIpc) is 2.12. The van der Waals surface area contributed by atoms with Gasteiger partial charge in [-0.3, -0.25) is 4.74 Å². The number of alkyl halides is 3. The fourth-order valence-corrected chi connectivity index (χ4v) is 0.976. The molecule has 0 aliphatic carbocycles. The van der Waals surface area contributed by atoms with Crippen LogP contribution in [0.25, 0.3) is 0 Å². The second-order valence-corrected chi connectivity index (χ2v) is 2.42. The van der Waals surface area contributed by atoms with Crippen molar-refractivity contribution in [2.75, 3.05) is 13.1 Å². The lowest BCUT2D eigenvalue weighted by molar-refractivity contribution is -0.341. The van der Waals surface area contributed by atoms with Crippen LogP contribution in [0.2, 0.25) is 0 Å². The highest BCUT2D eigenvalue weighted by Crippen LogP contribution is 2.20. The molecule has 0 spiro atoms. The maximum absolute atomic E-state index is 11.6. The zero-order chi connectivity index (χ0) is 8.48. The van der Waals surface area contributed by atoms with Gasteiger partial charge in [0, 0.05) is 19.1 Å². The van der Waals surface area contributed by atoms with Gasteiger partial charge in [-0.15, -0.1) is 13.2 Å². The number of nitrogens with one attached hydrogen (secondary N) is 1. The van der Waals surface area contributed by atoms with Gasteiger partial charge in [-0.1, -0.05) is 0 Å². The Morgan fingerprint density at radius 2 is 2.00 bits per heavy atom. The highest BCUT2D eigenvalue weighted by molar-refractivity contribution is 4.84. The third-order valence-electron chi connectivity index (χ3n) is 1.49. The first-order valence-corrected chi connectivity index (χ1v) is 3.20. The van der Waals surface area contributed by atoms with E-state index in [1.54, 1.807) is 0 Å². The molecule has 1 fully saturated rings. The highest BCUT2D eigenvalue weighted by Gasteiger charge is 2.37. The van der Waals surface area contributed by atoms with Gasteiger partial charge in [0.1, 0.15) is 0 Å². The summed E-state index contributed by atoms with van der Waals surface area (Å²) < 4.78 is 38.4. The lowest BCUT2D eigenvalue weighted by Gasteiger charge is -2.16. The summed E-state index contributed by atoms with van der Waals surface area (Å²) in [4.78, 5) is 0. The molecule has 0 saturated carbocycles. The van der Waals surface area contributed by atoms with Crippen LogP contribution in [0, 0.1) is 0 Å². The van der Waals surface area contributed by atoms with E-state index in [4.69, 9.17) is 5.73 Å². The zero-order valence-corrected chi connectivity index (χ0v) is 5.69. The van der Waals surface area contributed by atoms with Gasteiger partial charge >= 0.3 is 6.36 Å². The minimum atomic E-state index is -4.58. The predicted molar refractivity (Wildman–Crippen MR) is 31.8 cm³/mol. The minimum Gasteiger partial charge on any atom is -0.324 e. The number of hydrogen-bond donors (Lipinski definition) is 2. The monoisotopic (exact) mass is 170 g/mol. The van der Waals surface area contributed by atoms with Crippen molar-refractivity contribution < 1.29 is 17.9 Å². The summed E-state index contributed by atoms with van der Waals surface area (Å²) in [6, 6.07) is -0.559. The lowest BCUT2D eigenvalue weighted by Crippen LogP contribution is -2.38. The van der Waals surface area contributed by atoms with Crippen molar-refractivity contribution in [3.05, 3.63) is 0 Å². The van der Waals surface area contributed by atoms with Gasteiger partial charge in [0.25, 0.3) is 0 Å². The van der Waals surface area contributed by atoms with Crippen LogP contribution in [0.5, 0.6) is 0 Å². The standard InChI is InChI=1S/C5H9F3N2O/c6-5(7,8)11-4-2-10-1-3(4)9/h3-4,10H,1-2,9H2/t3-,4+/m0/s1. The first-order valence-electron chi connectivity index (χ1n) is 3.20. The Kier molecular flexibility index (Phi) is 2.36. The molecule has 3 N–H and O–H groups in total. The second-order valence-electron chi connectivity index (χ2n) is 2.42. The summed E-state index contributed by atoms with van der Waals surface area (Å²) in [6.07, 6.45) is -5.51. The molecule has 2 atom stereocenters. The maximum atomic E-state index is 11.6. The minimum absolute atomic E-state index is 0.167. The van der Waals surface area contributed by atoms with Gasteiger partial charge in [-0.25, -0.2) is 0 Å². The molecule has 0 aromatic heterocycles. The van der Waals surface area contributed by atoms with Crippen molar-refractivity contribution in [3.63, 3.8) is 0 Å². The summed E-state index contributed by atoms with van der Waals surface area (Å²) in [5, 5.41) is 2.69. The fourth-order valence-electron chi connectivity index (χ4n) is 0.976. The van der Waals surface area contributed by atoms with Crippen molar-refractivity contribution in [2.24, 2.45) is 5.73 Å². The van der Waals surface area contributed by atoms with Crippen molar-refractivity contribution >= 4 is 0 Å². The van der Waals surface area contributed by atoms with E-state index in [0.717, 1.165) is 0 Å². The molecule has 1 aliphatic heterocycles. The van der Waals surface area contributed by atoms with Crippen LogP contribution in [-0.4, -0.2) is 31.6 Å². The maximum Gasteiger partial charge on any atom is 0.522 e.